The zero-order valence-corrected chi connectivity index (χ0v) is 22.2. The van der Waals surface area contributed by atoms with Crippen molar-refractivity contribution in [2.45, 2.75) is 48.1 Å². The van der Waals surface area contributed by atoms with Gasteiger partial charge in [0.05, 0.1) is 23.7 Å². The van der Waals surface area contributed by atoms with Gasteiger partial charge in [-0.2, -0.15) is 0 Å². The van der Waals surface area contributed by atoms with Crippen molar-refractivity contribution < 1.29 is 29.0 Å². The molecule has 0 aliphatic carbocycles. The minimum absolute atomic E-state index is 0.0491. The second-order valence-electron chi connectivity index (χ2n) is 9.73. The van der Waals surface area contributed by atoms with Crippen molar-refractivity contribution in [1.29, 1.82) is 0 Å². The third-order valence-corrected chi connectivity index (χ3v) is 9.62. The van der Waals surface area contributed by atoms with Crippen LogP contribution in [0, 0.1) is 11.8 Å². The van der Waals surface area contributed by atoms with E-state index in [1.54, 1.807) is 46.9 Å². The zero-order chi connectivity index (χ0) is 26.6. The number of hydrogen-bond donors (Lipinski definition) is 1. The van der Waals surface area contributed by atoms with Gasteiger partial charge in [-0.05, 0) is 56.4 Å². The molecule has 4 rings (SSSR count). The number of anilines is 1. The molecular formula is C28H36N2O6S. The molecular weight excluding hydrogens is 492 g/mol. The standard InChI is InChI=1S/C28H36N2O6S/c1-4-15-29(19-9-11-20(35-3)12-10-19)26(33)24-28-14-13-21(37-28)22(27(34)36-18-5-2)23(28)25(32)30(24)16-7-6-8-17-31/h4-5,9-12,21-24,31H,1-2,6-8,13-18H2,3H3/t21-,22+,23-,24?,28?/m0/s1. The van der Waals surface area contributed by atoms with Crippen molar-refractivity contribution >= 4 is 35.2 Å². The quantitative estimate of drug-likeness (QED) is 0.239. The fourth-order valence-electron chi connectivity index (χ4n) is 6.11. The van der Waals surface area contributed by atoms with Gasteiger partial charge in [0.25, 0.3) is 5.91 Å². The van der Waals surface area contributed by atoms with E-state index in [-0.39, 0.29) is 42.8 Å². The number of likely N-dealkylation sites (tertiary alicyclic amines) is 1. The fraction of sp³-hybridized carbons (Fsp3) is 0.536. The molecule has 0 saturated carbocycles. The molecule has 5 atom stereocenters. The minimum Gasteiger partial charge on any atom is -0.497 e. The van der Waals surface area contributed by atoms with Crippen LogP contribution in [0.4, 0.5) is 5.69 Å². The maximum Gasteiger partial charge on any atom is 0.311 e. The van der Waals surface area contributed by atoms with E-state index in [1.807, 2.05) is 12.1 Å². The Morgan fingerprint density at radius 1 is 1.22 bits per heavy atom. The predicted molar refractivity (Wildman–Crippen MR) is 143 cm³/mol. The summed E-state index contributed by atoms with van der Waals surface area (Å²) in [6.45, 7) is 8.34. The van der Waals surface area contributed by atoms with Crippen molar-refractivity contribution in [1.82, 2.24) is 4.90 Å². The summed E-state index contributed by atoms with van der Waals surface area (Å²) >= 11 is 1.62. The monoisotopic (exact) mass is 528 g/mol. The molecule has 3 fully saturated rings. The number of carbonyl (C=O) groups is 3. The SMILES string of the molecule is C=CCOC(=O)[C@@H]1[C@@H]2CCC3(S2)C(C(=O)N(CC=C)c2ccc(OC)cc2)N(CCCCCO)C(=O)[C@H]13. The Bertz CT molecular complexity index is 1030. The van der Waals surface area contributed by atoms with Gasteiger partial charge in [0.1, 0.15) is 18.4 Å². The van der Waals surface area contributed by atoms with Crippen LogP contribution in [0.15, 0.2) is 49.6 Å². The number of fused-ring (bicyclic) bond motifs is 1. The average molecular weight is 529 g/mol. The zero-order valence-electron chi connectivity index (χ0n) is 21.3. The lowest BCUT2D eigenvalue weighted by Gasteiger charge is -2.37. The van der Waals surface area contributed by atoms with Gasteiger partial charge in [-0.25, -0.2) is 0 Å². The first-order chi connectivity index (χ1) is 17.9. The van der Waals surface area contributed by atoms with E-state index in [4.69, 9.17) is 9.47 Å². The van der Waals surface area contributed by atoms with E-state index in [1.165, 1.54) is 6.08 Å². The molecule has 0 radical (unpaired) electrons. The molecule has 200 valence electrons. The molecule has 37 heavy (non-hydrogen) atoms. The molecule has 2 amide bonds. The van der Waals surface area contributed by atoms with Crippen molar-refractivity contribution in [3.8, 4) is 5.75 Å². The normalized spacial score (nSPS) is 27.6. The summed E-state index contributed by atoms with van der Waals surface area (Å²) in [5.74, 6) is -1.19. The van der Waals surface area contributed by atoms with Crippen molar-refractivity contribution in [2.24, 2.45) is 11.8 Å². The first-order valence-electron chi connectivity index (χ1n) is 12.9. The van der Waals surface area contributed by atoms with E-state index < -0.39 is 22.6 Å². The number of methoxy groups -OCH3 is 1. The number of ether oxygens (including phenoxy) is 2. The van der Waals surface area contributed by atoms with Crippen LogP contribution < -0.4 is 9.64 Å². The Balaban J connectivity index is 1.70. The van der Waals surface area contributed by atoms with E-state index >= 15 is 0 Å². The summed E-state index contributed by atoms with van der Waals surface area (Å²) in [7, 11) is 1.59. The van der Waals surface area contributed by atoms with Crippen LogP contribution in [0.1, 0.15) is 32.1 Å². The molecule has 3 aliphatic rings. The lowest BCUT2D eigenvalue weighted by Crippen LogP contribution is -2.55. The predicted octanol–water partition coefficient (Wildman–Crippen LogP) is 3.20. The number of esters is 1. The third kappa shape index (κ3) is 4.91. The summed E-state index contributed by atoms with van der Waals surface area (Å²) in [6, 6.07) is 6.55. The summed E-state index contributed by atoms with van der Waals surface area (Å²) in [6.07, 6.45) is 6.70. The van der Waals surface area contributed by atoms with Crippen molar-refractivity contribution in [2.75, 3.05) is 38.3 Å². The first kappa shape index (κ1) is 27.3. The third-order valence-electron chi connectivity index (χ3n) is 7.67. The lowest BCUT2D eigenvalue weighted by molar-refractivity contribution is -0.153. The van der Waals surface area contributed by atoms with Gasteiger partial charge in [-0.1, -0.05) is 18.7 Å². The molecule has 2 unspecified atom stereocenters. The lowest BCUT2D eigenvalue weighted by atomic mass is 9.71. The Kier molecular flexibility index (Phi) is 8.64. The number of thioether (sulfide) groups is 1. The van der Waals surface area contributed by atoms with Crippen LogP contribution in [-0.4, -0.2) is 77.2 Å². The largest absolute Gasteiger partial charge is 0.497 e. The summed E-state index contributed by atoms with van der Waals surface area (Å²) in [5.41, 5.74) is 0.692. The number of carbonyl (C=O) groups excluding carboxylic acids is 3. The number of aliphatic hydroxyl groups is 1. The van der Waals surface area contributed by atoms with Crippen molar-refractivity contribution in [3.05, 3.63) is 49.6 Å². The molecule has 3 saturated heterocycles. The molecule has 3 heterocycles. The van der Waals surface area contributed by atoms with Crippen LogP contribution in [0.25, 0.3) is 0 Å². The number of rotatable bonds is 13. The fourth-order valence-corrected chi connectivity index (χ4v) is 8.31. The number of hydrogen-bond acceptors (Lipinski definition) is 7. The van der Waals surface area contributed by atoms with Crippen LogP contribution >= 0.6 is 11.8 Å². The highest BCUT2D eigenvalue weighted by atomic mass is 32.2. The summed E-state index contributed by atoms with van der Waals surface area (Å²) in [4.78, 5) is 44.8. The number of nitrogens with zero attached hydrogens (tertiary/aromatic N) is 2. The summed E-state index contributed by atoms with van der Waals surface area (Å²) < 4.78 is 10.0. The Morgan fingerprint density at radius 3 is 2.62 bits per heavy atom. The van der Waals surface area contributed by atoms with Crippen molar-refractivity contribution in [3.63, 3.8) is 0 Å². The Labute approximate surface area is 222 Å². The number of benzene rings is 1. The molecule has 0 aromatic heterocycles. The van der Waals surface area contributed by atoms with Crippen LogP contribution in [0.2, 0.25) is 0 Å². The maximum absolute atomic E-state index is 14.4. The van der Waals surface area contributed by atoms with Crippen LogP contribution in [0.3, 0.4) is 0 Å². The maximum atomic E-state index is 14.4. The minimum atomic E-state index is -0.701. The molecule has 1 aromatic carbocycles. The highest BCUT2D eigenvalue weighted by Gasteiger charge is 2.74. The highest BCUT2D eigenvalue weighted by molar-refractivity contribution is 8.02. The summed E-state index contributed by atoms with van der Waals surface area (Å²) in [5, 5.41) is 9.16. The Hall–Kier alpha value is -2.78. The van der Waals surface area contributed by atoms with E-state index in [2.05, 4.69) is 13.2 Å². The molecule has 3 aliphatic heterocycles. The van der Waals surface area contributed by atoms with Crippen LogP contribution in [-0.2, 0) is 19.1 Å². The second-order valence-corrected chi connectivity index (χ2v) is 11.3. The Morgan fingerprint density at radius 2 is 1.97 bits per heavy atom. The van der Waals surface area contributed by atoms with Gasteiger partial charge in [-0.15, -0.1) is 18.3 Å². The first-order valence-corrected chi connectivity index (χ1v) is 13.7. The van der Waals surface area contributed by atoms with E-state index in [0.717, 1.165) is 12.8 Å². The van der Waals surface area contributed by atoms with Gasteiger partial charge in [0.15, 0.2) is 0 Å². The smallest absolute Gasteiger partial charge is 0.311 e. The van der Waals surface area contributed by atoms with Gasteiger partial charge < -0.3 is 24.4 Å². The topological polar surface area (TPSA) is 96.4 Å². The molecule has 2 bridgehead atoms. The van der Waals surface area contributed by atoms with E-state index in [0.29, 0.717) is 37.2 Å². The van der Waals surface area contributed by atoms with Gasteiger partial charge in [-0.3, -0.25) is 14.4 Å². The number of amides is 2. The van der Waals surface area contributed by atoms with Gasteiger partial charge in [0.2, 0.25) is 5.91 Å². The van der Waals surface area contributed by atoms with Crippen LogP contribution in [0.5, 0.6) is 5.75 Å². The molecule has 9 heteroatoms. The average Bonchev–Trinajstić information content (AvgIpc) is 3.55. The molecule has 8 nitrogen and oxygen atoms in total. The van der Waals surface area contributed by atoms with Gasteiger partial charge in [0, 0.05) is 30.6 Å². The molecule has 1 spiro atoms. The molecule has 1 N–H and O–H groups in total. The second kappa shape index (κ2) is 11.7. The highest BCUT2D eigenvalue weighted by Crippen LogP contribution is 2.66. The van der Waals surface area contributed by atoms with E-state index in [9.17, 15) is 19.5 Å². The number of unbranched alkanes of at least 4 members (excludes halogenated alkanes) is 2. The van der Waals surface area contributed by atoms with Gasteiger partial charge >= 0.3 is 5.97 Å². The molecule has 1 aromatic rings. The number of aliphatic hydroxyl groups excluding tert-OH is 1.